The first-order valence-corrected chi connectivity index (χ1v) is 6.40. The van der Waals surface area contributed by atoms with Crippen molar-refractivity contribution in [1.82, 2.24) is 15.1 Å². The Morgan fingerprint density at radius 2 is 2.21 bits per heavy atom. The minimum atomic E-state index is -0.524. The summed E-state index contributed by atoms with van der Waals surface area (Å²) in [5.74, 6) is -0.806. The summed E-state index contributed by atoms with van der Waals surface area (Å²) in [7, 11) is 1.74. The van der Waals surface area contributed by atoms with Crippen molar-refractivity contribution in [2.45, 2.75) is 39.7 Å². The lowest BCUT2D eigenvalue weighted by Crippen LogP contribution is -2.35. The molecule has 0 aliphatic rings. The third-order valence-electron chi connectivity index (χ3n) is 2.92. The van der Waals surface area contributed by atoms with Crippen molar-refractivity contribution in [2.24, 2.45) is 7.05 Å². The maximum atomic E-state index is 11.7. The van der Waals surface area contributed by atoms with Gasteiger partial charge in [0, 0.05) is 18.8 Å². The molecule has 0 fully saturated rings. The van der Waals surface area contributed by atoms with Crippen LogP contribution >= 0.6 is 0 Å². The van der Waals surface area contributed by atoms with Crippen LogP contribution in [0.1, 0.15) is 42.7 Å². The molecule has 1 aromatic heterocycles. The molecule has 1 N–H and O–H groups in total. The average molecular weight is 267 g/mol. The second-order valence-corrected chi connectivity index (χ2v) is 4.60. The molecule has 1 atom stereocenters. The number of carbonyl (C=O) groups is 2. The molecule has 1 unspecified atom stereocenters. The maximum absolute atomic E-state index is 11.7. The van der Waals surface area contributed by atoms with Crippen molar-refractivity contribution < 1.29 is 14.3 Å². The summed E-state index contributed by atoms with van der Waals surface area (Å²) < 4.78 is 6.54. The highest BCUT2D eigenvalue weighted by Gasteiger charge is 2.16. The van der Waals surface area contributed by atoms with E-state index in [9.17, 15) is 9.59 Å². The monoisotopic (exact) mass is 267 g/mol. The van der Waals surface area contributed by atoms with Crippen LogP contribution in [-0.2, 0) is 16.6 Å². The predicted molar refractivity (Wildman–Crippen MR) is 70.7 cm³/mol. The zero-order chi connectivity index (χ0) is 14.4. The lowest BCUT2D eigenvalue weighted by Gasteiger charge is -2.12. The molecular weight excluding hydrogens is 246 g/mol. The van der Waals surface area contributed by atoms with Gasteiger partial charge in [-0.3, -0.25) is 9.48 Å². The fourth-order valence-corrected chi connectivity index (χ4v) is 1.73. The summed E-state index contributed by atoms with van der Waals surface area (Å²) >= 11 is 0. The minimum Gasteiger partial charge on any atom is -0.452 e. The Bertz CT molecular complexity index is 454. The maximum Gasteiger partial charge on any atom is 0.342 e. The van der Waals surface area contributed by atoms with E-state index >= 15 is 0 Å². The molecule has 1 aromatic rings. The Hall–Kier alpha value is -1.85. The number of ether oxygens (including phenoxy) is 1. The summed E-state index contributed by atoms with van der Waals surface area (Å²) in [5, 5.41) is 6.72. The van der Waals surface area contributed by atoms with E-state index in [1.165, 1.54) is 6.20 Å². The molecule has 0 aliphatic carbocycles. The van der Waals surface area contributed by atoms with Gasteiger partial charge in [0.25, 0.3) is 5.91 Å². The van der Waals surface area contributed by atoms with Crippen LogP contribution < -0.4 is 5.32 Å². The molecule has 106 valence electrons. The van der Waals surface area contributed by atoms with Gasteiger partial charge in [-0.2, -0.15) is 5.10 Å². The first kappa shape index (κ1) is 15.2. The Morgan fingerprint density at radius 1 is 1.53 bits per heavy atom. The highest BCUT2D eigenvalue weighted by Crippen LogP contribution is 2.07. The zero-order valence-corrected chi connectivity index (χ0v) is 11.9. The SMILES string of the molecule is CCCC(C)NC(=O)COC(=O)c1cnn(C)c1C. The molecule has 1 rings (SSSR count). The number of nitrogens with zero attached hydrogens (tertiary/aromatic N) is 2. The summed E-state index contributed by atoms with van der Waals surface area (Å²) in [4.78, 5) is 23.3. The first-order valence-electron chi connectivity index (χ1n) is 6.40. The first-order chi connectivity index (χ1) is 8.95. The third-order valence-corrected chi connectivity index (χ3v) is 2.92. The van der Waals surface area contributed by atoms with Gasteiger partial charge >= 0.3 is 5.97 Å². The molecule has 0 bridgehead atoms. The van der Waals surface area contributed by atoms with Crippen molar-refractivity contribution in [3.8, 4) is 0 Å². The van der Waals surface area contributed by atoms with Crippen LogP contribution in [0, 0.1) is 6.92 Å². The van der Waals surface area contributed by atoms with Crippen molar-refractivity contribution in [3.05, 3.63) is 17.5 Å². The standard InChI is InChI=1S/C13H21N3O3/c1-5-6-9(2)15-12(17)8-19-13(18)11-7-14-16(4)10(11)3/h7,9H,5-6,8H2,1-4H3,(H,15,17). The van der Waals surface area contributed by atoms with E-state index in [1.54, 1.807) is 18.7 Å². The smallest absolute Gasteiger partial charge is 0.342 e. The normalized spacial score (nSPS) is 12.0. The quantitative estimate of drug-likeness (QED) is 0.786. The van der Waals surface area contributed by atoms with Gasteiger partial charge in [-0.25, -0.2) is 4.79 Å². The van der Waals surface area contributed by atoms with Gasteiger partial charge in [0.05, 0.1) is 6.20 Å². The van der Waals surface area contributed by atoms with Crippen molar-refractivity contribution >= 4 is 11.9 Å². The summed E-state index contributed by atoms with van der Waals surface area (Å²) in [6, 6.07) is 0.0938. The number of aromatic nitrogens is 2. The fourth-order valence-electron chi connectivity index (χ4n) is 1.73. The van der Waals surface area contributed by atoms with E-state index in [-0.39, 0.29) is 18.6 Å². The number of hydrogen-bond acceptors (Lipinski definition) is 4. The van der Waals surface area contributed by atoms with E-state index in [2.05, 4.69) is 10.4 Å². The largest absolute Gasteiger partial charge is 0.452 e. The molecule has 6 heteroatoms. The van der Waals surface area contributed by atoms with Gasteiger partial charge in [0.15, 0.2) is 6.61 Å². The lowest BCUT2D eigenvalue weighted by atomic mass is 10.2. The highest BCUT2D eigenvalue weighted by molar-refractivity contribution is 5.92. The number of aryl methyl sites for hydroxylation is 1. The Balaban J connectivity index is 2.42. The lowest BCUT2D eigenvalue weighted by molar-refractivity contribution is -0.124. The number of hydrogen-bond donors (Lipinski definition) is 1. The van der Waals surface area contributed by atoms with Crippen molar-refractivity contribution in [2.75, 3.05) is 6.61 Å². The number of amides is 1. The molecule has 0 spiro atoms. The van der Waals surface area contributed by atoms with Gasteiger partial charge in [0.1, 0.15) is 5.56 Å². The number of esters is 1. The van der Waals surface area contributed by atoms with E-state index in [4.69, 9.17) is 4.74 Å². The van der Waals surface area contributed by atoms with Crippen molar-refractivity contribution in [1.29, 1.82) is 0 Å². The Kier molecular flexibility index (Phi) is 5.54. The second kappa shape index (κ2) is 6.92. The second-order valence-electron chi connectivity index (χ2n) is 4.60. The molecule has 19 heavy (non-hydrogen) atoms. The topological polar surface area (TPSA) is 73.2 Å². The van der Waals surface area contributed by atoms with Crippen LogP contribution in [-0.4, -0.2) is 34.3 Å². The van der Waals surface area contributed by atoms with E-state index < -0.39 is 5.97 Å². The Labute approximate surface area is 113 Å². The third kappa shape index (κ3) is 4.39. The Morgan fingerprint density at radius 3 is 2.74 bits per heavy atom. The van der Waals surface area contributed by atoms with E-state index in [0.717, 1.165) is 12.8 Å². The van der Waals surface area contributed by atoms with Crippen LogP contribution in [0.2, 0.25) is 0 Å². The molecular formula is C13H21N3O3. The van der Waals surface area contributed by atoms with Gasteiger partial charge in [0.2, 0.25) is 0 Å². The van der Waals surface area contributed by atoms with Crippen LogP contribution in [0.25, 0.3) is 0 Å². The van der Waals surface area contributed by atoms with Gasteiger partial charge < -0.3 is 10.1 Å². The number of nitrogens with one attached hydrogen (secondary N) is 1. The summed E-state index contributed by atoms with van der Waals surface area (Å²) in [6.07, 6.45) is 3.34. The minimum absolute atomic E-state index is 0.0938. The van der Waals surface area contributed by atoms with Crippen LogP contribution in [0.5, 0.6) is 0 Å². The molecule has 0 aromatic carbocycles. The van der Waals surface area contributed by atoms with Gasteiger partial charge in [-0.05, 0) is 20.3 Å². The predicted octanol–water partition coefficient (Wildman–Crippen LogP) is 1.19. The summed E-state index contributed by atoms with van der Waals surface area (Å²) in [6.45, 7) is 5.48. The molecule has 6 nitrogen and oxygen atoms in total. The highest BCUT2D eigenvalue weighted by atomic mass is 16.5. The van der Waals surface area contributed by atoms with Crippen molar-refractivity contribution in [3.63, 3.8) is 0 Å². The molecule has 0 saturated carbocycles. The van der Waals surface area contributed by atoms with E-state index in [1.807, 2.05) is 13.8 Å². The molecule has 0 saturated heterocycles. The summed E-state index contributed by atoms with van der Waals surface area (Å²) in [5.41, 5.74) is 1.10. The molecule has 0 radical (unpaired) electrons. The van der Waals surface area contributed by atoms with Gasteiger partial charge in [-0.15, -0.1) is 0 Å². The molecule has 0 aliphatic heterocycles. The van der Waals surface area contributed by atoms with Crippen LogP contribution in [0.3, 0.4) is 0 Å². The number of carbonyl (C=O) groups excluding carboxylic acids is 2. The van der Waals surface area contributed by atoms with Gasteiger partial charge in [-0.1, -0.05) is 13.3 Å². The molecule has 1 amide bonds. The number of rotatable bonds is 6. The zero-order valence-electron chi connectivity index (χ0n) is 11.9. The average Bonchev–Trinajstić information content (AvgIpc) is 2.67. The van der Waals surface area contributed by atoms with Crippen LogP contribution in [0.4, 0.5) is 0 Å². The fraction of sp³-hybridized carbons (Fsp3) is 0.615. The van der Waals surface area contributed by atoms with E-state index in [0.29, 0.717) is 11.3 Å². The molecule has 1 heterocycles. The van der Waals surface area contributed by atoms with Crippen LogP contribution in [0.15, 0.2) is 6.20 Å².